The van der Waals surface area contributed by atoms with Crippen LogP contribution in [0, 0.1) is 0 Å². The Morgan fingerprint density at radius 2 is 2.00 bits per heavy atom. The van der Waals surface area contributed by atoms with E-state index in [0.717, 1.165) is 36.6 Å². The smallest absolute Gasteiger partial charge is 0.273 e. The third-order valence-electron chi connectivity index (χ3n) is 2.88. The van der Waals surface area contributed by atoms with Crippen molar-refractivity contribution in [2.24, 2.45) is 0 Å². The molecule has 0 saturated carbocycles. The van der Waals surface area contributed by atoms with E-state index < -0.39 is 0 Å². The average molecular weight is 289 g/mol. The fourth-order valence-electron chi connectivity index (χ4n) is 2.00. The van der Waals surface area contributed by atoms with Gasteiger partial charge in [-0.25, -0.2) is 4.98 Å². The predicted octanol–water partition coefficient (Wildman–Crippen LogP) is 3.47. The Bertz CT molecular complexity index is 547. The SMILES string of the molecule is CCCN(CCC)C(=O)c1csc(-c2ccccn2)n1. The van der Waals surface area contributed by atoms with Gasteiger partial charge in [0.25, 0.3) is 5.91 Å². The topological polar surface area (TPSA) is 46.1 Å². The number of hydrogen-bond donors (Lipinski definition) is 0. The summed E-state index contributed by atoms with van der Waals surface area (Å²) in [5.74, 6) is 0.0205. The highest BCUT2D eigenvalue weighted by Gasteiger charge is 2.18. The molecule has 2 rings (SSSR count). The third-order valence-corrected chi connectivity index (χ3v) is 3.75. The number of carbonyl (C=O) groups is 1. The molecule has 0 bridgehead atoms. The molecule has 2 aromatic heterocycles. The third kappa shape index (κ3) is 3.42. The van der Waals surface area contributed by atoms with Crippen molar-refractivity contribution in [1.82, 2.24) is 14.9 Å². The molecule has 0 atom stereocenters. The molecule has 1 amide bonds. The van der Waals surface area contributed by atoms with Crippen LogP contribution < -0.4 is 0 Å². The fourth-order valence-corrected chi connectivity index (χ4v) is 2.76. The Morgan fingerprint density at radius 1 is 1.25 bits per heavy atom. The summed E-state index contributed by atoms with van der Waals surface area (Å²) in [4.78, 5) is 23.0. The van der Waals surface area contributed by atoms with Gasteiger partial charge in [-0.2, -0.15) is 0 Å². The van der Waals surface area contributed by atoms with E-state index in [-0.39, 0.29) is 5.91 Å². The zero-order chi connectivity index (χ0) is 14.4. The quantitative estimate of drug-likeness (QED) is 0.818. The second-order valence-electron chi connectivity index (χ2n) is 4.55. The monoisotopic (exact) mass is 289 g/mol. The molecule has 0 aromatic carbocycles. The average Bonchev–Trinajstić information content (AvgIpc) is 2.97. The van der Waals surface area contributed by atoms with Crippen LogP contribution in [-0.4, -0.2) is 33.9 Å². The molecule has 2 heterocycles. The number of rotatable bonds is 6. The van der Waals surface area contributed by atoms with Crippen LogP contribution in [0.3, 0.4) is 0 Å². The highest BCUT2D eigenvalue weighted by atomic mass is 32.1. The van der Waals surface area contributed by atoms with Gasteiger partial charge in [-0.05, 0) is 25.0 Å². The molecule has 0 fully saturated rings. The van der Waals surface area contributed by atoms with Gasteiger partial charge in [-0.1, -0.05) is 19.9 Å². The Balaban J connectivity index is 2.17. The first-order valence-corrected chi connectivity index (χ1v) is 7.80. The van der Waals surface area contributed by atoms with E-state index in [1.807, 2.05) is 28.5 Å². The molecule has 0 saturated heterocycles. The first-order chi connectivity index (χ1) is 9.76. The van der Waals surface area contributed by atoms with Gasteiger partial charge in [0.2, 0.25) is 0 Å². The maximum Gasteiger partial charge on any atom is 0.273 e. The highest BCUT2D eigenvalue weighted by molar-refractivity contribution is 7.13. The zero-order valence-corrected chi connectivity index (χ0v) is 12.7. The molecule has 4 nitrogen and oxygen atoms in total. The lowest BCUT2D eigenvalue weighted by atomic mass is 10.3. The summed E-state index contributed by atoms with van der Waals surface area (Å²) in [5.41, 5.74) is 1.34. The maximum absolute atomic E-state index is 12.4. The lowest BCUT2D eigenvalue weighted by Gasteiger charge is -2.20. The standard InChI is InChI=1S/C15H19N3OS/c1-3-9-18(10-4-2)15(19)13-11-20-14(17-13)12-7-5-6-8-16-12/h5-8,11H,3-4,9-10H2,1-2H3. The summed E-state index contributed by atoms with van der Waals surface area (Å²) < 4.78 is 0. The van der Waals surface area contributed by atoms with Crippen LogP contribution in [0.5, 0.6) is 0 Å². The highest BCUT2D eigenvalue weighted by Crippen LogP contribution is 2.22. The molecule has 106 valence electrons. The van der Waals surface area contributed by atoms with Crippen molar-refractivity contribution >= 4 is 17.2 Å². The summed E-state index contributed by atoms with van der Waals surface area (Å²) in [6.07, 6.45) is 3.66. The Morgan fingerprint density at radius 3 is 2.60 bits per heavy atom. The van der Waals surface area contributed by atoms with Crippen molar-refractivity contribution in [2.45, 2.75) is 26.7 Å². The second kappa shape index (κ2) is 7.14. The Labute approximate surface area is 123 Å². The lowest BCUT2D eigenvalue weighted by Crippen LogP contribution is -2.32. The molecule has 0 N–H and O–H groups in total. The molecule has 20 heavy (non-hydrogen) atoms. The largest absolute Gasteiger partial charge is 0.337 e. The van der Waals surface area contributed by atoms with Crippen molar-refractivity contribution in [1.29, 1.82) is 0 Å². The van der Waals surface area contributed by atoms with E-state index in [0.29, 0.717) is 5.69 Å². The lowest BCUT2D eigenvalue weighted by molar-refractivity contribution is 0.0750. The summed E-state index contributed by atoms with van der Waals surface area (Å²) >= 11 is 1.46. The number of pyridine rings is 1. The summed E-state index contributed by atoms with van der Waals surface area (Å²) in [6, 6.07) is 5.70. The van der Waals surface area contributed by atoms with Crippen LogP contribution in [-0.2, 0) is 0 Å². The summed E-state index contributed by atoms with van der Waals surface area (Å²) in [5, 5.41) is 2.62. The maximum atomic E-state index is 12.4. The molecule has 0 aliphatic heterocycles. The molecule has 0 spiro atoms. The number of aromatic nitrogens is 2. The van der Waals surface area contributed by atoms with Gasteiger partial charge in [0, 0.05) is 24.7 Å². The van der Waals surface area contributed by atoms with E-state index in [9.17, 15) is 4.79 Å². The molecule has 2 aromatic rings. The number of carbonyl (C=O) groups excluding carboxylic acids is 1. The van der Waals surface area contributed by atoms with Crippen LogP contribution >= 0.6 is 11.3 Å². The Kier molecular flexibility index (Phi) is 5.24. The van der Waals surface area contributed by atoms with Gasteiger partial charge in [0.15, 0.2) is 0 Å². The van der Waals surface area contributed by atoms with E-state index in [2.05, 4.69) is 23.8 Å². The number of hydrogen-bond acceptors (Lipinski definition) is 4. The van der Waals surface area contributed by atoms with Crippen molar-refractivity contribution in [3.05, 3.63) is 35.5 Å². The molecular formula is C15H19N3OS. The molecule has 5 heteroatoms. The first kappa shape index (κ1) is 14.7. The van der Waals surface area contributed by atoms with Crippen LogP contribution in [0.4, 0.5) is 0 Å². The van der Waals surface area contributed by atoms with E-state index in [1.165, 1.54) is 11.3 Å². The summed E-state index contributed by atoms with van der Waals surface area (Å²) in [7, 11) is 0. The van der Waals surface area contributed by atoms with E-state index in [4.69, 9.17) is 0 Å². The minimum Gasteiger partial charge on any atom is -0.337 e. The molecule has 0 radical (unpaired) electrons. The van der Waals surface area contributed by atoms with Crippen molar-refractivity contribution < 1.29 is 4.79 Å². The number of nitrogens with zero attached hydrogens (tertiary/aromatic N) is 3. The van der Waals surface area contributed by atoms with Crippen LogP contribution in [0.2, 0.25) is 0 Å². The van der Waals surface area contributed by atoms with Crippen LogP contribution in [0.15, 0.2) is 29.8 Å². The van der Waals surface area contributed by atoms with Gasteiger partial charge in [0.05, 0.1) is 5.69 Å². The van der Waals surface area contributed by atoms with Gasteiger partial charge in [-0.3, -0.25) is 9.78 Å². The zero-order valence-electron chi connectivity index (χ0n) is 11.9. The van der Waals surface area contributed by atoms with Gasteiger partial charge in [-0.15, -0.1) is 11.3 Å². The second-order valence-corrected chi connectivity index (χ2v) is 5.40. The molecule has 0 aliphatic carbocycles. The number of thiazole rings is 1. The van der Waals surface area contributed by atoms with Crippen molar-refractivity contribution in [3.63, 3.8) is 0 Å². The first-order valence-electron chi connectivity index (χ1n) is 6.92. The molecule has 0 unspecified atom stereocenters. The van der Waals surface area contributed by atoms with Crippen molar-refractivity contribution in [2.75, 3.05) is 13.1 Å². The molecular weight excluding hydrogens is 270 g/mol. The van der Waals surface area contributed by atoms with Gasteiger partial charge >= 0.3 is 0 Å². The van der Waals surface area contributed by atoms with Crippen molar-refractivity contribution in [3.8, 4) is 10.7 Å². The molecule has 0 aliphatic rings. The van der Waals surface area contributed by atoms with E-state index >= 15 is 0 Å². The van der Waals surface area contributed by atoms with Crippen LogP contribution in [0.1, 0.15) is 37.2 Å². The number of amides is 1. The minimum absolute atomic E-state index is 0.0205. The van der Waals surface area contributed by atoms with Gasteiger partial charge < -0.3 is 4.90 Å². The Hall–Kier alpha value is -1.75. The summed E-state index contributed by atoms with van der Waals surface area (Å²) in [6.45, 7) is 5.72. The normalized spacial score (nSPS) is 10.5. The van der Waals surface area contributed by atoms with Gasteiger partial charge in [0.1, 0.15) is 10.7 Å². The minimum atomic E-state index is 0.0205. The van der Waals surface area contributed by atoms with Crippen LogP contribution in [0.25, 0.3) is 10.7 Å². The fraction of sp³-hybridized carbons (Fsp3) is 0.400. The van der Waals surface area contributed by atoms with E-state index in [1.54, 1.807) is 6.20 Å². The predicted molar refractivity (Wildman–Crippen MR) is 81.8 cm³/mol.